The summed E-state index contributed by atoms with van der Waals surface area (Å²) >= 11 is 11.3. The quantitative estimate of drug-likeness (QED) is 0.0132. The van der Waals surface area contributed by atoms with E-state index in [4.69, 9.17) is 73.6 Å². The molecule has 0 saturated carbocycles. The average molecular weight is 1910 g/mol. The number of aliphatic imine (C=N–C) groups is 2. The Morgan fingerprint density at radius 3 is 1.26 bits per heavy atom. The average Bonchev–Trinajstić information content (AvgIpc) is 0.855. The molecule has 0 spiro atoms. The van der Waals surface area contributed by atoms with E-state index in [1.807, 2.05) is 30.3 Å². The Morgan fingerprint density at radius 1 is 0.432 bits per heavy atom. The first-order valence-electron chi connectivity index (χ1n) is 46.6. The Bertz CT molecular complexity index is 3710. The maximum Gasteiger partial charge on any atom is 0.326 e. The van der Waals surface area contributed by atoms with E-state index < -0.39 is 119 Å². The minimum absolute atomic E-state index is 0.0272. The molecule has 8 atom stereocenters. The molecule has 35 nitrogen and oxygen atoms in total. The maximum absolute atomic E-state index is 14.0. The van der Waals surface area contributed by atoms with E-state index in [0.29, 0.717) is 115 Å². The summed E-state index contributed by atoms with van der Waals surface area (Å²) in [6.45, 7) is 17.9. The summed E-state index contributed by atoms with van der Waals surface area (Å²) in [5.41, 5.74) is 17.5. The fourth-order valence-electron chi connectivity index (χ4n) is 13.3. The first-order valence-corrected chi connectivity index (χ1v) is 47.7. The van der Waals surface area contributed by atoms with E-state index in [0.717, 1.165) is 56.9 Å². The number of carbonyl (C=O) groups excluding carboxylic acids is 13. The molecule has 2 aromatic carbocycles. The molecule has 2 rings (SSSR count). The van der Waals surface area contributed by atoms with E-state index in [9.17, 15) is 77.3 Å². The van der Waals surface area contributed by atoms with E-state index in [-0.39, 0.29) is 182 Å². The summed E-state index contributed by atoms with van der Waals surface area (Å²) < 4.78 is 39.0. The molecule has 2 aromatic rings. The normalized spacial score (nSPS) is 13.3. The van der Waals surface area contributed by atoms with E-state index in [1.165, 1.54) is 7.05 Å². The predicted molar refractivity (Wildman–Crippen MR) is 507 cm³/mol. The van der Waals surface area contributed by atoms with Crippen molar-refractivity contribution >= 4 is 117 Å². The number of rotatable bonds is 80. The molecule has 0 aliphatic heterocycles. The van der Waals surface area contributed by atoms with Gasteiger partial charge in [0.05, 0.1) is 88.4 Å². The molecule has 0 aliphatic carbocycles. The van der Waals surface area contributed by atoms with Crippen LogP contribution in [0.25, 0.3) is 0 Å². The van der Waals surface area contributed by atoms with Gasteiger partial charge in [0.1, 0.15) is 30.8 Å². The molecule has 6 amide bonds. The Balaban J connectivity index is 0.00000132. The zero-order chi connectivity index (χ0) is 98.3. The highest BCUT2D eigenvalue weighted by Gasteiger charge is 2.37. The second-order valence-electron chi connectivity index (χ2n) is 34.2. The second kappa shape index (κ2) is 75.5. The minimum Gasteiger partial charge on any atom is -0.480 e. The fourth-order valence-corrected chi connectivity index (χ4v) is 13.7. The molecule has 0 fully saturated rings. The van der Waals surface area contributed by atoms with Crippen molar-refractivity contribution in [3.63, 3.8) is 0 Å². The summed E-state index contributed by atoms with van der Waals surface area (Å²) in [5, 5.41) is 39.4. The molecule has 37 heteroatoms. The number of nitrogens with one attached hydrogen (secondary N) is 7. The Hall–Kier alpha value is -8.78. The topological polar surface area (TPSA) is 531 Å². The van der Waals surface area contributed by atoms with E-state index in [2.05, 4.69) is 47.2 Å². The lowest BCUT2D eigenvalue weighted by atomic mass is 9.90. The van der Waals surface area contributed by atoms with Gasteiger partial charge >= 0.3 is 5.97 Å². The molecule has 0 bridgehead atoms. The van der Waals surface area contributed by atoms with Crippen molar-refractivity contribution in [3.05, 3.63) is 71.8 Å². The van der Waals surface area contributed by atoms with Gasteiger partial charge in [0.2, 0.25) is 35.4 Å². The van der Waals surface area contributed by atoms with Crippen molar-refractivity contribution in [2.24, 2.45) is 62.7 Å². The number of Topliss-reactive ketones (excluding diaryl/α,β-unsaturated/α-hetero) is 7. The Morgan fingerprint density at radius 2 is 0.841 bits per heavy atom. The van der Waals surface area contributed by atoms with Gasteiger partial charge in [0.15, 0.2) is 40.8 Å². The van der Waals surface area contributed by atoms with E-state index >= 15 is 0 Å². The van der Waals surface area contributed by atoms with Crippen LogP contribution < -0.4 is 54.4 Å². The number of hydrogen-bond acceptors (Lipinski definition) is 24. The number of aliphatic hydroxyl groups excluding tert-OH is 1. The number of halogens is 2. The number of alkyl halides is 2. The summed E-state index contributed by atoms with van der Waals surface area (Å²) in [6.07, 6.45) is 10.2. The highest BCUT2D eigenvalue weighted by atomic mass is 35.5. The van der Waals surface area contributed by atoms with Crippen LogP contribution in [0.1, 0.15) is 227 Å². The predicted octanol–water partition coefficient (Wildman–Crippen LogP) is 7.44. The molecule has 0 unspecified atom stereocenters. The molecular formula is C95H156Cl2N12O23. The monoisotopic (exact) mass is 1900 g/mol. The van der Waals surface area contributed by atoms with Gasteiger partial charge in [-0.3, -0.25) is 72.3 Å². The zero-order valence-corrected chi connectivity index (χ0v) is 81.1. The van der Waals surface area contributed by atoms with Gasteiger partial charge in [0.25, 0.3) is 0 Å². The Kier molecular flexibility index (Phi) is 69.3. The number of nitrogens with zero attached hydrogens (tertiary/aromatic N) is 2. The van der Waals surface area contributed by atoms with Crippen LogP contribution in [0.3, 0.4) is 0 Å². The molecular weight excluding hydrogens is 1750 g/mol. The number of carboxylic acid groups (broad SMARTS) is 1. The summed E-state index contributed by atoms with van der Waals surface area (Å²) in [6, 6.07) is 13.8. The maximum atomic E-state index is 14.0. The third-order valence-electron chi connectivity index (χ3n) is 20.9. The molecule has 132 heavy (non-hydrogen) atoms. The summed E-state index contributed by atoms with van der Waals surface area (Å²) in [5.74, 6) is -9.56. The third-order valence-corrected chi connectivity index (χ3v) is 21.4. The fraction of sp³-hybridized carbons (Fsp3) is 0.705. The van der Waals surface area contributed by atoms with Crippen LogP contribution in [-0.4, -0.2) is 271 Å². The van der Waals surface area contributed by atoms with Gasteiger partial charge in [-0.05, 0) is 114 Å². The lowest BCUT2D eigenvalue weighted by molar-refractivity contribution is -0.144. The molecule has 0 saturated heterocycles. The van der Waals surface area contributed by atoms with Crippen molar-refractivity contribution < 1.29 is 110 Å². The van der Waals surface area contributed by atoms with Crippen LogP contribution in [0.4, 0.5) is 0 Å². The number of carboxylic acids is 1. The van der Waals surface area contributed by atoms with Crippen LogP contribution in [0.15, 0.2) is 70.6 Å². The van der Waals surface area contributed by atoms with Gasteiger partial charge in [-0.2, -0.15) is 0 Å². The van der Waals surface area contributed by atoms with Gasteiger partial charge in [-0.15, -0.1) is 23.2 Å². The van der Waals surface area contributed by atoms with Crippen molar-refractivity contribution in [3.8, 4) is 0 Å². The van der Waals surface area contributed by atoms with Gasteiger partial charge in [-0.1, -0.05) is 121 Å². The number of guanidine groups is 2. The smallest absolute Gasteiger partial charge is 0.326 e. The Labute approximate surface area is 791 Å². The highest BCUT2D eigenvalue weighted by molar-refractivity contribution is 6.18. The van der Waals surface area contributed by atoms with E-state index in [1.54, 1.807) is 85.7 Å². The lowest BCUT2D eigenvalue weighted by Gasteiger charge is -2.28. The number of amides is 6. The molecule has 15 N–H and O–H groups in total. The number of carbonyl (C=O) groups is 14. The summed E-state index contributed by atoms with van der Waals surface area (Å²) in [4.78, 5) is 190. The SMILES string of the molecule is CCC(=O)[C@H](Cc1ccccc1)NC(=O)[C@H](CO)CC(=O)[C@@H](NC(=O)[C@H](CCCN=C(N)N)CC(=O)COCCCC(=O)CCC(=O)NCCOCCOCCCCCCCl)C(C)C.CN=C(N)NCCC[C@H](CC(=O)COCCCC(=O)CCC(=O)NCCOCCOCCCCCCCl)C(=O)N[C@H](C(=O)C[C@@H](COC(C)(C)C)C(=O)N[C@@H](Cc1ccccc1)C(=O)O)C(C)C. The van der Waals surface area contributed by atoms with Crippen LogP contribution >= 0.6 is 23.2 Å². The first-order chi connectivity index (χ1) is 63.1. The number of benzene rings is 2. The van der Waals surface area contributed by atoms with Crippen molar-refractivity contribution in [1.82, 2.24) is 37.2 Å². The standard InChI is InChI=1S/C49H81ClN6O12.C46H75ClN6O11/c1-35(2)44(42(59)32-38(33-68-49(3,4)5)46(62)55-41(47(63)64)30-36-16-10-9-11-17-36)56-45(61)37(18-14-23-54-48(51)52-6)31-40(58)34-67-26-15-19-39(57)20-21-43(60)53-24-27-66-29-28-65-25-13-8-7-12-22-50;1-4-40(57)39(28-34-14-8-7-9-15-34)52-45(61)36(31-54)30-41(58)43(33(2)3)53-44(60)35(16-12-21-51-46(48)49)29-38(56)32-64-24-13-17-37(55)18-19-42(59)50-22-25-63-27-26-62-23-11-6-5-10-20-47/h9-11,16-17,35,37-38,41,44H,7-8,12-15,18-34H2,1-6H3,(H,53,60)(H,55,62)(H,56,61)(H,63,64)(H3,51,52,54);7-9,14-15,33,35-36,39,43,54H,4-6,10-13,16-32H2,1-3H3,(H,50,59)(H,52,61)(H,53,60)(H4,48,49,51)/t37-,38+,41+,44+;35-,36+,39+,43+/m11/s1. The number of nitrogens with two attached hydrogens (primary N) is 3. The molecule has 0 radical (unpaired) electrons. The number of aliphatic carboxylic acids is 1. The number of ether oxygens (including phenoxy) is 7. The largest absolute Gasteiger partial charge is 0.480 e. The van der Waals surface area contributed by atoms with Gasteiger partial charge in [0, 0.05) is 160 Å². The number of unbranched alkanes of at least 4 members (excludes halogenated alkanes) is 6. The minimum atomic E-state index is -1.26. The number of ketones is 7. The number of hydrogen-bond donors (Lipinski definition) is 12. The molecule has 0 aliphatic rings. The molecule has 0 aromatic heterocycles. The van der Waals surface area contributed by atoms with Crippen molar-refractivity contribution in [2.45, 2.75) is 259 Å². The van der Waals surface area contributed by atoms with Crippen LogP contribution in [0.2, 0.25) is 0 Å². The zero-order valence-electron chi connectivity index (χ0n) is 79.6. The highest BCUT2D eigenvalue weighted by Crippen LogP contribution is 2.22. The van der Waals surface area contributed by atoms with Crippen LogP contribution in [0, 0.1) is 35.5 Å². The lowest BCUT2D eigenvalue weighted by Crippen LogP contribution is -2.50. The van der Waals surface area contributed by atoms with Crippen LogP contribution in [-0.2, 0) is 113 Å². The van der Waals surface area contributed by atoms with Gasteiger partial charge in [-0.25, -0.2) is 4.79 Å². The summed E-state index contributed by atoms with van der Waals surface area (Å²) in [7, 11) is 1.53. The molecule has 748 valence electrons. The van der Waals surface area contributed by atoms with Gasteiger partial charge < -0.3 is 97.8 Å². The first kappa shape index (κ1) is 121. The van der Waals surface area contributed by atoms with Crippen molar-refractivity contribution in [2.75, 3.05) is 137 Å². The number of aliphatic hydroxyl groups is 1. The van der Waals surface area contributed by atoms with Crippen LogP contribution in [0.5, 0.6) is 0 Å². The third kappa shape index (κ3) is 62.7. The second-order valence-corrected chi connectivity index (χ2v) is 35.0. The molecule has 0 heterocycles. The van der Waals surface area contributed by atoms with Crippen molar-refractivity contribution in [1.29, 1.82) is 0 Å².